The zero-order valence-corrected chi connectivity index (χ0v) is 8.63. The summed E-state index contributed by atoms with van der Waals surface area (Å²) in [6, 6.07) is 0. The predicted molar refractivity (Wildman–Crippen MR) is 52.3 cm³/mol. The van der Waals surface area contributed by atoms with Gasteiger partial charge < -0.3 is 5.32 Å². The van der Waals surface area contributed by atoms with Crippen molar-refractivity contribution in [3.63, 3.8) is 0 Å². The highest BCUT2D eigenvalue weighted by Gasteiger charge is 2.29. The fraction of sp³-hybridized carbons (Fsp3) is 1.00. The lowest BCUT2D eigenvalue weighted by Gasteiger charge is -2.23. The van der Waals surface area contributed by atoms with E-state index in [0.717, 1.165) is 12.5 Å². The lowest BCUT2D eigenvalue weighted by Crippen LogP contribution is -2.26. The van der Waals surface area contributed by atoms with Gasteiger partial charge in [-0.25, -0.2) is 0 Å². The predicted octanol–water partition coefficient (Wildman–Crippen LogP) is 2.45. The minimum atomic E-state index is 0. The van der Waals surface area contributed by atoms with Crippen LogP contribution in [0, 0.1) is 11.3 Å². The Morgan fingerprint density at radius 3 is 2.27 bits per heavy atom. The minimum absolute atomic E-state index is 0. The average molecular weight is 178 g/mol. The molecule has 0 heterocycles. The second kappa shape index (κ2) is 4.32. The van der Waals surface area contributed by atoms with Crippen LogP contribution in [0.15, 0.2) is 0 Å². The van der Waals surface area contributed by atoms with E-state index in [9.17, 15) is 0 Å². The van der Waals surface area contributed by atoms with Crippen LogP contribution in [0.4, 0.5) is 0 Å². The standard InChI is InChI=1S/C9H19N.ClH/c1-9(2,7-10-3)6-8-4-5-8;/h8,10H,4-7H2,1-3H3;1H. The van der Waals surface area contributed by atoms with E-state index >= 15 is 0 Å². The van der Waals surface area contributed by atoms with Crippen LogP contribution in [0.2, 0.25) is 0 Å². The fourth-order valence-electron chi connectivity index (χ4n) is 1.65. The summed E-state index contributed by atoms with van der Waals surface area (Å²) in [5.74, 6) is 1.06. The summed E-state index contributed by atoms with van der Waals surface area (Å²) in [5, 5.41) is 3.24. The van der Waals surface area contributed by atoms with Crippen LogP contribution >= 0.6 is 12.4 Å². The Kier molecular flexibility index (Phi) is 4.42. The third kappa shape index (κ3) is 4.65. The summed E-state index contributed by atoms with van der Waals surface area (Å²) < 4.78 is 0. The van der Waals surface area contributed by atoms with Crippen LogP contribution < -0.4 is 5.32 Å². The molecule has 1 N–H and O–H groups in total. The number of hydrogen-bond acceptors (Lipinski definition) is 1. The average Bonchev–Trinajstić information content (AvgIpc) is 2.48. The Balaban J connectivity index is 0.000001000. The topological polar surface area (TPSA) is 12.0 Å². The monoisotopic (exact) mass is 177 g/mol. The van der Waals surface area contributed by atoms with Gasteiger partial charge in [-0.15, -0.1) is 12.4 Å². The maximum atomic E-state index is 3.24. The molecule has 1 saturated carbocycles. The second-order valence-corrected chi connectivity index (χ2v) is 4.34. The lowest BCUT2D eigenvalue weighted by atomic mass is 9.87. The van der Waals surface area contributed by atoms with E-state index in [1.165, 1.54) is 19.3 Å². The van der Waals surface area contributed by atoms with Gasteiger partial charge in [0.05, 0.1) is 0 Å². The molecule has 1 fully saturated rings. The van der Waals surface area contributed by atoms with Gasteiger partial charge in [-0.1, -0.05) is 26.7 Å². The van der Waals surface area contributed by atoms with Gasteiger partial charge in [-0.3, -0.25) is 0 Å². The highest BCUT2D eigenvalue weighted by Crippen LogP contribution is 2.39. The smallest absolute Gasteiger partial charge is 0.0000385 e. The molecule has 0 aromatic heterocycles. The van der Waals surface area contributed by atoms with Crippen molar-refractivity contribution in [2.75, 3.05) is 13.6 Å². The first-order chi connectivity index (χ1) is 4.64. The van der Waals surface area contributed by atoms with E-state index in [1.54, 1.807) is 0 Å². The largest absolute Gasteiger partial charge is 0.319 e. The van der Waals surface area contributed by atoms with Crippen LogP contribution in [0.25, 0.3) is 0 Å². The first kappa shape index (κ1) is 11.2. The van der Waals surface area contributed by atoms with Gasteiger partial charge in [0.1, 0.15) is 0 Å². The number of rotatable bonds is 4. The fourth-order valence-corrected chi connectivity index (χ4v) is 1.65. The Hall–Kier alpha value is 0.250. The van der Waals surface area contributed by atoms with Gasteiger partial charge >= 0.3 is 0 Å². The van der Waals surface area contributed by atoms with Crippen molar-refractivity contribution in [3.05, 3.63) is 0 Å². The van der Waals surface area contributed by atoms with Crippen molar-refractivity contribution in [3.8, 4) is 0 Å². The first-order valence-electron chi connectivity index (χ1n) is 4.29. The highest BCUT2D eigenvalue weighted by molar-refractivity contribution is 5.85. The normalized spacial score (nSPS) is 17.7. The molecular weight excluding hydrogens is 158 g/mol. The van der Waals surface area contributed by atoms with Crippen LogP contribution in [-0.2, 0) is 0 Å². The summed E-state index contributed by atoms with van der Waals surface area (Å²) in [6.07, 6.45) is 4.37. The zero-order chi connectivity index (χ0) is 7.61. The van der Waals surface area contributed by atoms with Crippen molar-refractivity contribution in [1.82, 2.24) is 5.32 Å². The highest BCUT2D eigenvalue weighted by atomic mass is 35.5. The molecule has 0 spiro atoms. The Morgan fingerprint density at radius 1 is 1.36 bits per heavy atom. The quantitative estimate of drug-likeness (QED) is 0.696. The summed E-state index contributed by atoms with van der Waals surface area (Å²) >= 11 is 0. The van der Waals surface area contributed by atoms with Gasteiger partial charge in [0.25, 0.3) is 0 Å². The van der Waals surface area contributed by atoms with Crippen LogP contribution in [0.5, 0.6) is 0 Å². The van der Waals surface area contributed by atoms with Crippen molar-refractivity contribution in [2.45, 2.75) is 33.1 Å². The maximum absolute atomic E-state index is 3.24. The van der Waals surface area contributed by atoms with Gasteiger partial charge in [0.2, 0.25) is 0 Å². The van der Waals surface area contributed by atoms with E-state index in [1.807, 2.05) is 7.05 Å². The minimum Gasteiger partial charge on any atom is -0.319 e. The molecule has 0 bridgehead atoms. The Morgan fingerprint density at radius 2 is 1.91 bits per heavy atom. The molecule has 1 rings (SSSR count). The lowest BCUT2D eigenvalue weighted by molar-refractivity contribution is 0.306. The summed E-state index contributed by atoms with van der Waals surface area (Å²) in [7, 11) is 2.04. The van der Waals surface area contributed by atoms with Crippen LogP contribution in [-0.4, -0.2) is 13.6 Å². The van der Waals surface area contributed by atoms with Gasteiger partial charge in [-0.05, 0) is 31.3 Å². The van der Waals surface area contributed by atoms with Gasteiger partial charge in [0.15, 0.2) is 0 Å². The zero-order valence-electron chi connectivity index (χ0n) is 7.81. The molecule has 1 nitrogen and oxygen atoms in total. The summed E-state index contributed by atoms with van der Waals surface area (Å²) in [5.41, 5.74) is 0.524. The SMILES string of the molecule is CNCC(C)(C)CC1CC1.Cl. The Bertz CT molecular complexity index is 108. The van der Waals surface area contributed by atoms with Crippen LogP contribution in [0.1, 0.15) is 33.1 Å². The molecule has 2 heteroatoms. The molecule has 0 radical (unpaired) electrons. The molecule has 0 aliphatic heterocycles. The van der Waals surface area contributed by atoms with E-state index in [4.69, 9.17) is 0 Å². The molecule has 0 aromatic rings. The molecule has 1 aliphatic carbocycles. The summed E-state index contributed by atoms with van der Waals surface area (Å²) in [4.78, 5) is 0. The second-order valence-electron chi connectivity index (χ2n) is 4.34. The molecule has 0 aromatic carbocycles. The molecule has 68 valence electrons. The molecule has 11 heavy (non-hydrogen) atoms. The van der Waals surface area contributed by atoms with Gasteiger partial charge in [-0.2, -0.15) is 0 Å². The third-order valence-corrected chi connectivity index (χ3v) is 2.19. The van der Waals surface area contributed by atoms with Gasteiger partial charge in [0, 0.05) is 0 Å². The molecular formula is C9H20ClN. The van der Waals surface area contributed by atoms with Crippen molar-refractivity contribution >= 4 is 12.4 Å². The molecule has 1 aliphatic rings. The number of nitrogens with one attached hydrogen (secondary N) is 1. The first-order valence-corrected chi connectivity index (χ1v) is 4.29. The molecule has 0 atom stereocenters. The van der Waals surface area contributed by atoms with Crippen LogP contribution in [0.3, 0.4) is 0 Å². The van der Waals surface area contributed by atoms with Crippen molar-refractivity contribution < 1.29 is 0 Å². The van der Waals surface area contributed by atoms with Crippen molar-refractivity contribution in [2.24, 2.45) is 11.3 Å². The molecule has 0 amide bonds. The number of halogens is 1. The van der Waals surface area contributed by atoms with Crippen molar-refractivity contribution in [1.29, 1.82) is 0 Å². The third-order valence-electron chi connectivity index (χ3n) is 2.19. The van der Waals surface area contributed by atoms with E-state index in [-0.39, 0.29) is 12.4 Å². The summed E-state index contributed by atoms with van der Waals surface area (Å²) in [6.45, 7) is 5.85. The maximum Gasteiger partial charge on any atom is -0.0000385 e. The molecule has 0 unspecified atom stereocenters. The van der Waals surface area contributed by atoms with E-state index in [0.29, 0.717) is 5.41 Å². The van der Waals surface area contributed by atoms with E-state index in [2.05, 4.69) is 19.2 Å². The van der Waals surface area contributed by atoms with E-state index < -0.39 is 0 Å². The molecule has 0 saturated heterocycles. The Labute approximate surface area is 76.4 Å². The number of hydrogen-bond donors (Lipinski definition) is 1.